The van der Waals surface area contributed by atoms with Crippen LogP contribution in [0.15, 0.2) is 29.3 Å². The van der Waals surface area contributed by atoms with Gasteiger partial charge in [-0.25, -0.2) is 0 Å². The monoisotopic (exact) mass is 377 g/mol. The van der Waals surface area contributed by atoms with E-state index in [4.69, 9.17) is 0 Å². The van der Waals surface area contributed by atoms with Gasteiger partial charge in [0.25, 0.3) is 5.91 Å². The summed E-state index contributed by atoms with van der Waals surface area (Å²) in [6.45, 7) is 3.91. The molecule has 1 aromatic carbocycles. The number of fused-ring (bicyclic) bond motifs is 1. The minimum absolute atomic E-state index is 0.136. The fourth-order valence-corrected chi connectivity index (χ4v) is 4.64. The number of carbonyl (C=O) groups is 2. The van der Waals surface area contributed by atoms with Gasteiger partial charge >= 0.3 is 0 Å². The average Bonchev–Trinajstić information content (AvgIpc) is 2.91. The Bertz CT molecular complexity index is 832. The molecule has 1 aliphatic rings. The lowest BCUT2D eigenvalue weighted by Crippen LogP contribution is -2.39. The van der Waals surface area contributed by atoms with E-state index in [0.29, 0.717) is 16.5 Å². The van der Waals surface area contributed by atoms with Crippen molar-refractivity contribution in [2.75, 3.05) is 24.6 Å². The Morgan fingerprint density at radius 2 is 1.96 bits per heavy atom. The molecule has 1 aliphatic heterocycles. The topological polar surface area (TPSA) is 54.7 Å². The molecule has 0 aliphatic carbocycles. The van der Waals surface area contributed by atoms with Crippen molar-refractivity contribution in [1.82, 2.24) is 9.47 Å². The highest BCUT2D eigenvalue weighted by molar-refractivity contribution is 8.00. The normalized spacial score (nSPS) is 16.6. The number of thiazole rings is 1. The van der Waals surface area contributed by atoms with Crippen LogP contribution < -0.4 is 4.80 Å². The van der Waals surface area contributed by atoms with Gasteiger partial charge < -0.3 is 9.47 Å². The van der Waals surface area contributed by atoms with Gasteiger partial charge in [0.05, 0.1) is 21.7 Å². The van der Waals surface area contributed by atoms with Crippen LogP contribution in [0.4, 0.5) is 0 Å². The van der Waals surface area contributed by atoms with E-state index >= 15 is 0 Å². The molecule has 3 rings (SSSR count). The van der Waals surface area contributed by atoms with Crippen LogP contribution in [0.25, 0.3) is 10.2 Å². The molecule has 0 N–H and O–H groups in total. The number of amides is 2. The SMILES string of the molecule is CC1CCN(C(=O)CSCC(=O)N=c2sc3ccccc3n2C)CC1. The Hall–Kier alpha value is -1.60. The fraction of sp³-hybridized carbons (Fsp3) is 0.500. The highest BCUT2D eigenvalue weighted by atomic mass is 32.2. The minimum Gasteiger partial charge on any atom is -0.342 e. The smallest absolute Gasteiger partial charge is 0.258 e. The molecule has 0 unspecified atom stereocenters. The molecular formula is C18H23N3O2S2. The summed E-state index contributed by atoms with van der Waals surface area (Å²) < 4.78 is 3.04. The molecule has 25 heavy (non-hydrogen) atoms. The van der Waals surface area contributed by atoms with Crippen LogP contribution in [0.3, 0.4) is 0 Å². The summed E-state index contributed by atoms with van der Waals surface area (Å²) in [6, 6.07) is 8.00. The summed E-state index contributed by atoms with van der Waals surface area (Å²) in [7, 11) is 1.92. The van der Waals surface area contributed by atoms with Gasteiger partial charge in [0.2, 0.25) is 5.91 Å². The van der Waals surface area contributed by atoms with E-state index < -0.39 is 0 Å². The molecule has 1 fully saturated rings. The van der Waals surface area contributed by atoms with Gasteiger partial charge in [-0.3, -0.25) is 9.59 Å². The number of likely N-dealkylation sites (tertiary alicyclic amines) is 1. The first kappa shape index (κ1) is 18.2. The summed E-state index contributed by atoms with van der Waals surface area (Å²) >= 11 is 2.86. The Balaban J connectivity index is 1.54. The van der Waals surface area contributed by atoms with Crippen molar-refractivity contribution in [3.05, 3.63) is 29.1 Å². The number of para-hydroxylation sites is 1. The van der Waals surface area contributed by atoms with E-state index in [9.17, 15) is 9.59 Å². The van der Waals surface area contributed by atoms with E-state index in [1.165, 1.54) is 23.1 Å². The molecule has 0 radical (unpaired) electrons. The zero-order valence-electron chi connectivity index (χ0n) is 14.6. The summed E-state index contributed by atoms with van der Waals surface area (Å²) in [5.74, 6) is 1.25. The second-order valence-electron chi connectivity index (χ2n) is 6.47. The maximum atomic E-state index is 12.2. The maximum Gasteiger partial charge on any atom is 0.258 e. The number of thioether (sulfide) groups is 1. The molecule has 0 atom stereocenters. The summed E-state index contributed by atoms with van der Waals surface area (Å²) in [5.41, 5.74) is 1.07. The highest BCUT2D eigenvalue weighted by Crippen LogP contribution is 2.17. The average molecular weight is 378 g/mol. The molecule has 5 nitrogen and oxygen atoms in total. The predicted molar refractivity (Wildman–Crippen MR) is 104 cm³/mol. The van der Waals surface area contributed by atoms with Gasteiger partial charge in [-0.05, 0) is 30.9 Å². The number of rotatable bonds is 4. The lowest BCUT2D eigenvalue weighted by atomic mass is 9.99. The van der Waals surface area contributed by atoms with E-state index in [1.807, 2.05) is 40.8 Å². The highest BCUT2D eigenvalue weighted by Gasteiger charge is 2.20. The number of aryl methyl sites for hydroxylation is 1. The van der Waals surface area contributed by atoms with E-state index in [1.54, 1.807) is 0 Å². The zero-order valence-corrected chi connectivity index (χ0v) is 16.2. The Morgan fingerprint density at radius 3 is 2.68 bits per heavy atom. The summed E-state index contributed by atoms with van der Waals surface area (Å²) in [5, 5.41) is 0. The van der Waals surface area contributed by atoms with Crippen molar-refractivity contribution in [1.29, 1.82) is 0 Å². The molecule has 134 valence electrons. The molecule has 2 heterocycles. The molecule has 1 aromatic heterocycles. The van der Waals surface area contributed by atoms with Gasteiger partial charge in [-0.15, -0.1) is 11.8 Å². The molecule has 0 saturated carbocycles. The number of piperidine rings is 1. The van der Waals surface area contributed by atoms with Gasteiger partial charge in [-0.2, -0.15) is 4.99 Å². The maximum absolute atomic E-state index is 12.2. The molecule has 7 heteroatoms. The van der Waals surface area contributed by atoms with Crippen molar-refractivity contribution in [2.24, 2.45) is 18.0 Å². The van der Waals surface area contributed by atoms with Crippen LogP contribution in [0.1, 0.15) is 19.8 Å². The summed E-state index contributed by atoms with van der Waals surface area (Å²) in [6.07, 6.45) is 2.15. The lowest BCUT2D eigenvalue weighted by molar-refractivity contribution is -0.129. The third-order valence-corrected chi connectivity index (χ3v) is 6.54. The largest absolute Gasteiger partial charge is 0.342 e. The minimum atomic E-state index is -0.188. The van der Waals surface area contributed by atoms with E-state index in [-0.39, 0.29) is 17.6 Å². The first-order valence-electron chi connectivity index (χ1n) is 8.52. The molecule has 0 bridgehead atoms. The van der Waals surface area contributed by atoms with Crippen LogP contribution in [-0.4, -0.2) is 45.9 Å². The van der Waals surface area contributed by atoms with Crippen molar-refractivity contribution in [2.45, 2.75) is 19.8 Å². The van der Waals surface area contributed by atoms with Crippen molar-refractivity contribution in [3.8, 4) is 0 Å². The van der Waals surface area contributed by atoms with E-state index in [2.05, 4.69) is 11.9 Å². The fourth-order valence-electron chi connectivity index (χ4n) is 2.90. The molecular weight excluding hydrogens is 354 g/mol. The van der Waals surface area contributed by atoms with Crippen LogP contribution >= 0.6 is 23.1 Å². The third-order valence-electron chi connectivity index (χ3n) is 4.52. The Morgan fingerprint density at radius 1 is 1.24 bits per heavy atom. The Labute approximate surface area is 155 Å². The van der Waals surface area contributed by atoms with Gasteiger partial charge in [-0.1, -0.05) is 30.4 Å². The number of hydrogen-bond acceptors (Lipinski definition) is 4. The zero-order chi connectivity index (χ0) is 17.8. The van der Waals surface area contributed by atoms with Crippen LogP contribution in [0, 0.1) is 5.92 Å². The van der Waals surface area contributed by atoms with Crippen LogP contribution in [0.5, 0.6) is 0 Å². The summed E-state index contributed by atoms with van der Waals surface area (Å²) in [4.78, 5) is 31.1. The van der Waals surface area contributed by atoms with Gasteiger partial charge in [0, 0.05) is 20.1 Å². The molecule has 2 aromatic rings. The first-order chi connectivity index (χ1) is 12.0. The molecule has 0 spiro atoms. The standard InChI is InChI=1S/C18H23N3O2S2/c1-13-7-9-21(10-8-13)17(23)12-24-11-16(22)19-18-20(2)14-5-3-4-6-15(14)25-18/h3-6,13H,7-12H2,1-2H3. The predicted octanol–water partition coefficient (Wildman–Crippen LogP) is 2.66. The molecule has 2 amide bonds. The van der Waals surface area contributed by atoms with Crippen LogP contribution in [-0.2, 0) is 16.6 Å². The van der Waals surface area contributed by atoms with Gasteiger partial charge in [0.15, 0.2) is 4.80 Å². The second kappa shape index (κ2) is 8.19. The number of benzene rings is 1. The Kier molecular flexibility index (Phi) is 5.96. The number of carbonyl (C=O) groups excluding carboxylic acids is 2. The number of aromatic nitrogens is 1. The first-order valence-corrected chi connectivity index (χ1v) is 10.5. The van der Waals surface area contributed by atoms with E-state index in [0.717, 1.165) is 36.1 Å². The quantitative estimate of drug-likeness (QED) is 0.823. The van der Waals surface area contributed by atoms with Crippen molar-refractivity contribution in [3.63, 3.8) is 0 Å². The molecule has 1 saturated heterocycles. The second-order valence-corrected chi connectivity index (χ2v) is 8.47. The van der Waals surface area contributed by atoms with Crippen molar-refractivity contribution < 1.29 is 9.59 Å². The number of hydrogen-bond donors (Lipinski definition) is 0. The van der Waals surface area contributed by atoms with Crippen molar-refractivity contribution >= 4 is 45.1 Å². The number of nitrogens with zero attached hydrogens (tertiary/aromatic N) is 3. The van der Waals surface area contributed by atoms with Gasteiger partial charge in [0.1, 0.15) is 0 Å². The third kappa shape index (κ3) is 4.52. The van der Waals surface area contributed by atoms with Crippen LogP contribution in [0.2, 0.25) is 0 Å². The lowest BCUT2D eigenvalue weighted by Gasteiger charge is -2.30.